The summed E-state index contributed by atoms with van der Waals surface area (Å²) in [6.45, 7) is 1.45. The average molecular weight is 281 g/mol. The highest BCUT2D eigenvalue weighted by Gasteiger charge is 2.20. The molecule has 1 aromatic heterocycles. The average Bonchev–Trinajstić information content (AvgIpc) is 2.37. The summed E-state index contributed by atoms with van der Waals surface area (Å²) in [5, 5.41) is 9.76. The smallest absolute Gasteiger partial charge is 0.242 e. The lowest BCUT2D eigenvalue weighted by molar-refractivity contribution is 0.272. The molecule has 0 aliphatic rings. The Kier molecular flexibility index (Phi) is 3.53. The Bertz CT molecular complexity index is 726. The van der Waals surface area contributed by atoms with Crippen molar-refractivity contribution in [2.24, 2.45) is 0 Å². The standard InChI is InChI=1S/C12H15N3O3S/c1-8-4-9-6-13-12(7-16)14-10(9)5-11(8)19(17,18)15(2)3/h4-6,16H,7H2,1-3H3. The van der Waals surface area contributed by atoms with E-state index >= 15 is 0 Å². The fourth-order valence-corrected chi connectivity index (χ4v) is 2.88. The third-order valence-corrected chi connectivity index (χ3v) is 4.78. The summed E-state index contributed by atoms with van der Waals surface area (Å²) in [5.74, 6) is 0.268. The van der Waals surface area contributed by atoms with Crippen LogP contribution in [0.3, 0.4) is 0 Å². The predicted octanol–water partition coefficient (Wildman–Crippen LogP) is 0.681. The minimum Gasteiger partial charge on any atom is -0.388 e. The number of nitrogens with zero attached hydrogens (tertiary/aromatic N) is 3. The number of aliphatic hydroxyl groups is 1. The third-order valence-electron chi connectivity index (χ3n) is 2.83. The first-order valence-electron chi connectivity index (χ1n) is 5.66. The normalized spacial score (nSPS) is 12.3. The van der Waals surface area contributed by atoms with Gasteiger partial charge in [-0.15, -0.1) is 0 Å². The molecule has 0 aliphatic heterocycles. The van der Waals surface area contributed by atoms with Crippen LogP contribution in [0, 0.1) is 6.92 Å². The molecule has 1 aromatic carbocycles. The lowest BCUT2D eigenvalue weighted by atomic mass is 10.2. The summed E-state index contributed by atoms with van der Waals surface area (Å²) in [6, 6.07) is 3.24. The zero-order chi connectivity index (χ0) is 14.2. The third kappa shape index (κ3) is 2.44. The molecule has 19 heavy (non-hydrogen) atoms. The van der Waals surface area contributed by atoms with Gasteiger partial charge in [-0.25, -0.2) is 22.7 Å². The van der Waals surface area contributed by atoms with Crippen molar-refractivity contribution >= 4 is 20.9 Å². The highest BCUT2D eigenvalue weighted by atomic mass is 32.2. The quantitative estimate of drug-likeness (QED) is 0.894. The van der Waals surface area contributed by atoms with Crippen molar-refractivity contribution in [3.05, 3.63) is 29.7 Å². The van der Waals surface area contributed by atoms with E-state index in [4.69, 9.17) is 5.11 Å². The summed E-state index contributed by atoms with van der Waals surface area (Å²) < 4.78 is 25.5. The van der Waals surface area contributed by atoms with Gasteiger partial charge in [-0.2, -0.15) is 0 Å². The molecule has 0 fully saturated rings. The molecule has 1 N–H and O–H groups in total. The number of aromatic nitrogens is 2. The molecule has 0 radical (unpaired) electrons. The number of rotatable bonds is 3. The molecule has 1 heterocycles. The largest absolute Gasteiger partial charge is 0.388 e. The van der Waals surface area contributed by atoms with Gasteiger partial charge in [-0.1, -0.05) is 0 Å². The van der Waals surface area contributed by atoms with Gasteiger partial charge < -0.3 is 5.11 Å². The van der Waals surface area contributed by atoms with Crippen LogP contribution in [0.25, 0.3) is 10.9 Å². The van der Waals surface area contributed by atoms with Gasteiger partial charge in [0.2, 0.25) is 10.0 Å². The number of sulfonamides is 1. The molecule has 6 nitrogen and oxygen atoms in total. The minimum atomic E-state index is -3.51. The number of aliphatic hydroxyl groups excluding tert-OH is 1. The van der Waals surface area contributed by atoms with E-state index in [-0.39, 0.29) is 17.3 Å². The van der Waals surface area contributed by atoms with Crippen molar-refractivity contribution in [1.29, 1.82) is 0 Å². The first-order chi connectivity index (χ1) is 8.86. The van der Waals surface area contributed by atoms with E-state index in [9.17, 15) is 8.42 Å². The lowest BCUT2D eigenvalue weighted by Gasteiger charge is -2.14. The van der Waals surface area contributed by atoms with Gasteiger partial charge in [-0.05, 0) is 24.6 Å². The summed E-state index contributed by atoms with van der Waals surface area (Å²) in [6.07, 6.45) is 1.58. The molecular weight excluding hydrogens is 266 g/mol. The number of aryl methyl sites for hydroxylation is 1. The summed E-state index contributed by atoms with van der Waals surface area (Å²) in [4.78, 5) is 8.31. The second-order valence-corrected chi connectivity index (χ2v) is 6.53. The highest BCUT2D eigenvalue weighted by Crippen LogP contribution is 2.23. The zero-order valence-corrected chi connectivity index (χ0v) is 11.8. The van der Waals surface area contributed by atoms with Gasteiger partial charge in [-0.3, -0.25) is 0 Å². The van der Waals surface area contributed by atoms with Crippen LogP contribution < -0.4 is 0 Å². The van der Waals surface area contributed by atoms with E-state index in [2.05, 4.69) is 9.97 Å². The van der Waals surface area contributed by atoms with Crippen LogP contribution >= 0.6 is 0 Å². The van der Waals surface area contributed by atoms with Gasteiger partial charge >= 0.3 is 0 Å². The fraction of sp³-hybridized carbons (Fsp3) is 0.333. The van der Waals surface area contributed by atoms with Crippen molar-refractivity contribution in [3.8, 4) is 0 Å². The van der Waals surface area contributed by atoms with Crippen LogP contribution in [0.15, 0.2) is 23.2 Å². The topological polar surface area (TPSA) is 83.4 Å². The van der Waals surface area contributed by atoms with Gasteiger partial charge in [0.05, 0.1) is 10.4 Å². The van der Waals surface area contributed by atoms with E-state index in [0.717, 1.165) is 9.69 Å². The molecule has 2 aromatic rings. The Morgan fingerprint density at radius 2 is 2.00 bits per heavy atom. The van der Waals surface area contributed by atoms with Crippen molar-refractivity contribution in [3.63, 3.8) is 0 Å². The molecule has 0 saturated heterocycles. The van der Waals surface area contributed by atoms with Crippen molar-refractivity contribution in [1.82, 2.24) is 14.3 Å². The van der Waals surface area contributed by atoms with Gasteiger partial charge in [0.15, 0.2) is 5.82 Å². The van der Waals surface area contributed by atoms with E-state index in [0.29, 0.717) is 11.1 Å². The summed E-state index contributed by atoms with van der Waals surface area (Å²) >= 11 is 0. The van der Waals surface area contributed by atoms with E-state index in [1.54, 1.807) is 19.2 Å². The van der Waals surface area contributed by atoms with Crippen molar-refractivity contribution < 1.29 is 13.5 Å². The summed E-state index contributed by atoms with van der Waals surface area (Å²) in [7, 11) is -0.540. The van der Waals surface area contributed by atoms with Gasteiger partial charge in [0.1, 0.15) is 6.61 Å². The number of benzene rings is 1. The monoisotopic (exact) mass is 281 g/mol. The first-order valence-corrected chi connectivity index (χ1v) is 7.10. The molecular formula is C12H15N3O3S. The number of hydrogen-bond acceptors (Lipinski definition) is 5. The highest BCUT2D eigenvalue weighted by molar-refractivity contribution is 7.89. The fourth-order valence-electron chi connectivity index (χ4n) is 1.76. The van der Waals surface area contributed by atoms with Crippen LogP contribution in [-0.4, -0.2) is 41.9 Å². The number of fused-ring (bicyclic) bond motifs is 1. The van der Waals surface area contributed by atoms with Crippen LogP contribution in [0.5, 0.6) is 0 Å². The minimum absolute atomic E-state index is 0.215. The van der Waals surface area contributed by atoms with Crippen molar-refractivity contribution in [2.75, 3.05) is 14.1 Å². The zero-order valence-electron chi connectivity index (χ0n) is 11.0. The summed E-state index contributed by atoms with van der Waals surface area (Å²) in [5.41, 5.74) is 1.15. The first kappa shape index (κ1) is 13.9. The predicted molar refractivity (Wildman–Crippen MR) is 71.1 cm³/mol. The maximum Gasteiger partial charge on any atom is 0.242 e. The van der Waals surface area contributed by atoms with Gasteiger partial charge in [0.25, 0.3) is 0 Å². The van der Waals surface area contributed by atoms with Crippen molar-refractivity contribution in [2.45, 2.75) is 18.4 Å². The molecule has 0 bridgehead atoms. The molecule has 102 valence electrons. The molecule has 0 saturated carbocycles. The van der Waals surface area contributed by atoms with E-state index < -0.39 is 10.0 Å². The Labute approximate surface area is 111 Å². The number of hydrogen-bond donors (Lipinski definition) is 1. The van der Waals surface area contributed by atoms with Crippen LogP contribution in [0.4, 0.5) is 0 Å². The second-order valence-electron chi connectivity index (χ2n) is 4.41. The van der Waals surface area contributed by atoms with Gasteiger partial charge in [0, 0.05) is 25.7 Å². The maximum atomic E-state index is 12.2. The molecule has 0 unspecified atom stereocenters. The Morgan fingerprint density at radius 1 is 1.32 bits per heavy atom. The van der Waals surface area contributed by atoms with Crippen LogP contribution in [0.2, 0.25) is 0 Å². The molecule has 0 atom stereocenters. The van der Waals surface area contributed by atoms with E-state index in [1.807, 2.05) is 0 Å². The lowest BCUT2D eigenvalue weighted by Crippen LogP contribution is -2.23. The maximum absolute atomic E-state index is 12.2. The Morgan fingerprint density at radius 3 is 2.58 bits per heavy atom. The second kappa shape index (κ2) is 4.84. The van der Waals surface area contributed by atoms with Crippen LogP contribution in [0.1, 0.15) is 11.4 Å². The molecule has 2 rings (SSSR count). The molecule has 7 heteroatoms. The molecule has 0 spiro atoms. The van der Waals surface area contributed by atoms with E-state index in [1.165, 1.54) is 20.2 Å². The Hall–Kier alpha value is -1.57. The SMILES string of the molecule is Cc1cc2cnc(CO)nc2cc1S(=O)(=O)N(C)C. The van der Waals surface area contributed by atoms with Crippen LogP contribution in [-0.2, 0) is 16.6 Å². The molecule has 0 aliphatic carbocycles. The molecule has 0 amide bonds. The Balaban J connectivity index is 2.73.